The van der Waals surface area contributed by atoms with Crippen molar-refractivity contribution in [2.75, 3.05) is 4.90 Å². The van der Waals surface area contributed by atoms with E-state index in [0.29, 0.717) is 15.3 Å². The molecule has 0 bridgehead atoms. The highest BCUT2D eigenvalue weighted by Crippen LogP contribution is 2.55. The molecule has 2 aromatic heterocycles. The number of carbonyl (C=O) groups is 1. The van der Waals surface area contributed by atoms with Crippen molar-refractivity contribution in [2.24, 2.45) is 0 Å². The monoisotopic (exact) mass is 699 g/mol. The minimum atomic E-state index is -1.28. The molecule has 0 saturated heterocycles. The summed E-state index contributed by atoms with van der Waals surface area (Å²) in [4.78, 5) is 17.0. The van der Waals surface area contributed by atoms with Crippen LogP contribution in [0.25, 0.3) is 39.3 Å². The Labute approximate surface area is 305 Å². The summed E-state index contributed by atoms with van der Waals surface area (Å²) in [6.45, 7) is 4.58. The number of para-hydroxylation sites is 2. The molecule has 248 valence electrons. The Hall–Kier alpha value is -5.99. The van der Waals surface area contributed by atoms with E-state index in [1.54, 1.807) is 29.5 Å². The number of aliphatic carboxylic acids is 1. The van der Waals surface area contributed by atoms with Gasteiger partial charge in [-0.3, -0.25) is 0 Å². The molecule has 51 heavy (non-hydrogen) atoms. The average Bonchev–Trinajstić information content (AvgIpc) is 3.90. The Morgan fingerprint density at radius 2 is 1.31 bits per heavy atom. The molecule has 0 amide bonds. The first kappa shape index (κ1) is 33.5. The number of carboxylic acids is 1. The lowest BCUT2D eigenvalue weighted by molar-refractivity contribution is -0.132. The van der Waals surface area contributed by atoms with Gasteiger partial charge in [-0.15, -0.1) is 22.7 Å². The first-order valence-corrected chi connectivity index (χ1v) is 18.4. The van der Waals surface area contributed by atoms with Gasteiger partial charge < -0.3 is 10.0 Å². The van der Waals surface area contributed by atoms with Crippen LogP contribution in [0.2, 0.25) is 0 Å². The predicted molar refractivity (Wildman–Crippen MR) is 210 cm³/mol. The first-order chi connectivity index (χ1) is 24.9. The number of carboxylic acid groups (broad SMARTS) is 1. The molecular weight excluding hydrogens is 667 g/mol. The van der Waals surface area contributed by atoms with Gasteiger partial charge in [0.2, 0.25) is 0 Å². The summed E-state index contributed by atoms with van der Waals surface area (Å²) in [6, 6.07) is 46.5. The van der Waals surface area contributed by atoms with Gasteiger partial charge in [0.1, 0.15) is 17.7 Å². The highest BCUT2D eigenvalue weighted by atomic mass is 32.1. The topological polar surface area (TPSA) is 88.1 Å². The molecule has 1 aliphatic carbocycles. The van der Waals surface area contributed by atoms with Crippen molar-refractivity contribution < 1.29 is 9.90 Å². The highest BCUT2D eigenvalue weighted by molar-refractivity contribution is 7.16. The quantitative estimate of drug-likeness (QED) is 0.114. The minimum Gasteiger partial charge on any atom is -0.477 e. The Bertz CT molecular complexity index is 2360. The normalized spacial score (nSPS) is 13.2. The average molecular weight is 700 g/mol. The molecule has 1 aliphatic rings. The van der Waals surface area contributed by atoms with Crippen LogP contribution in [0.5, 0.6) is 0 Å². The minimum absolute atomic E-state index is 0.138. The van der Waals surface area contributed by atoms with Crippen molar-refractivity contribution in [1.29, 1.82) is 10.5 Å². The molecule has 7 rings (SSSR count). The standard InChI is InChI=1S/C44H33N3O2S2/c1-3-44(4-2)39-25-29(41-21-17-35(50-41)23-30(27-45)42-22-18-36(51-42)24-31(28-46)43(48)49)15-19-37(39)38-20-16-34(26-40(38)44)47(32-11-7-5-8-12-32)33-13-9-6-10-14-33/h5-26H,3-4H2,1-2H3,(H,48,49)/b30-23+,31-24-. The number of hydrogen-bond acceptors (Lipinski definition) is 6. The maximum absolute atomic E-state index is 11.3. The summed E-state index contributed by atoms with van der Waals surface area (Å²) in [7, 11) is 0. The van der Waals surface area contributed by atoms with E-state index < -0.39 is 5.97 Å². The van der Waals surface area contributed by atoms with Gasteiger partial charge in [-0.05, 0) is 120 Å². The van der Waals surface area contributed by atoms with E-state index in [9.17, 15) is 15.2 Å². The van der Waals surface area contributed by atoms with Gasteiger partial charge >= 0.3 is 5.97 Å². The number of benzene rings is 4. The fraction of sp³-hybridized carbons (Fsp3) is 0.114. The smallest absolute Gasteiger partial charge is 0.346 e. The lowest BCUT2D eigenvalue weighted by Crippen LogP contribution is -2.23. The summed E-state index contributed by atoms with van der Waals surface area (Å²) in [6.07, 6.45) is 5.14. The Morgan fingerprint density at radius 3 is 1.92 bits per heavy atom. The van der Waals surface area contributed by atoms with Crippen molar-refractivity contribution in [3.8, 4) is 33.7 Å². The molecule has 7 heteroatoms. The fourth-order valence-corrected chi connectivity index (χ4v) is 9.00. The molecule has 0 radical (unpaired) electrons. The van der Waals surface area contributed by atoms with Crippen molar-refractivity contribution in [3.63, 3.8) is 0 Å². The van der Waals surface area contributed by atoms with E-state index in [0.717, 1.165) is 45.2 Å². The van der Waals surface area contributed by atoms with Crippen molar-refractivity contribution >= 4 is 63.4 Å². The van der Waals surface area contributed by atoms with Crippen LogP contribution < -0.4 is 4.90 Å². The molecule has 0 unspecified atom stereocenters. The third kappa shape index (κ3) is 6.19. The molecule has 1 N–H and O–H groups in total. The zero-order valence-electron chi connectivity index (χ0n) is 28.1. The largest absolute Gasteiger partial charge is 0.477 e. The molecule has 0 fully saturated rings. The number of rotatable bonds is 10. The van der Waals surface area contributed by atoms with Gasteiger partial charge in [-0.2, -0.15) is 10.5 Å². The van der Waals surface area contributed by atoms with Crippen molar-refractivity contribution in [2.45, 2.75) is 32.1 Å². The third-order valence-corrected chi connectivity index (χ3v) is 11.8. The van der Waals surface area contributed by atoms with Crippen LogP contribution in [0.15, 0.2) is 127 Å². The number of thiophene rings is 2. The van der Waals surface area contributed by atoms with Gasteiger partial charge in [0, 0.05) is 42.0 Å². The Morgan fingerprint density at radius 1 is 0.706 bits per heavy atom. The lowest BCUT2D eigenvalue weighted by Gasteiger charge is -2.32. The van der Waals surface area contributed by atoms with Crippen LogP contribution in [-0.2, 0) is 10.2 Å². The maximum atomic E-state index is 11.3. The van der Waals surface area contributed by atoms with E-state index in [2.05, 4.69) is 116 Å². The third-order valence-electron chi connectivity index (χ3n) is 9.69. The van der Waals surface area contributed by atoms with E-state index in [1.165, 1.54) is 39.7 Å². The summed E-state index contributed by atoms with van der Waals surface area (Å²) in [5.74, 6) is -1.28. The van der Waals surface area contributed by atoms with Crippen molar-refractivity contribution in [3.05, 3.63) is 153 Å². The molecular formula is C44H33N3O2S2. The van der Waals surface area contributed by atoms with Gasteiger partial charge in [0.25, 0.3) is 0 Å². The zero-order valence-corrected chi connectivity index (χ0v) is 29.8. The second-order valence-electron chi connectivity index (χ2n) is 12.3. The molecule has 0 atom stereocenters. The molecule has 5 nitrogen and oxygen atoms in total. The summed E-state index contributed by atoms with van der Waals surface area (Å²) < 4.78 is 0. The SMILES string of the molecule is CCC1(CC)c2cc(-c3ccc(/C=C(\C#N)c4ccc(/C=C(/C#N)C(=O)O)s4)s3)ccc2-c2ccc(N(c3ccccc3)c3ccccc3)cc21. The summed E-state index contributed by atoms with van der Waals surface area (Å²) >= 11 is 2.91. The fourth-order valence-electron chi connectivity index (χ4n) is 7.13. The van der Waals surface area contributed by atoms with Gasteiger partial charge in [0.05, 0.1) is 5.57 Å². The summed E-state index contributed by atoms with van der Waals surface area (Å²) in [5, 5.41) is 28.3. The van der Waals surface area contributed by atoms with E-state index >= 15 is 0 Å². The molecule has 0 saturated carbocycles. The molecule has 4 aromatic carbocycles. The number of nitriles is 2. The predicted octanol–water partition coefficient (Wildman–Crippen LogP) is 12.1. The van der Waals surface area contributed by atoms with Gasteiger partial charge in [-0.25, -0.2) is 4.79 Å². The number of allylic oxidation sites excluding steroid dienone is 1. The van der Waals surface area contributed by atoms with Crippen LogP contribution in [0.4, 0.5) is 17.1 Å². The molecule has 0 spiro atoms. The maximum Gasteiger partial charge on any atom is 0.346 e. The summed E-state index contributed by atoms with van der Waals surface area (Å²) in [5.41, 5.74) is 9.79. The van der Waals surface area contributed by atoms with Crippen LogP contribution >= 0.6 is 22.7 Å². The molecule has 6 aromatic rings. The molecule has 0 aliphatic heterocycles. The van der Waals surface area contributed by atoms with E-state index in [1.807, 2.05) is 24.3 Å². The zero-order chi connectivity index (χ0) is 35.5. The van der Waals surface area contributed by atoms with Gasteiger partial charge in [0.15, 0.2) is 0 Å². The number of fused-ring (bicyclic) bond motifs is 3. The van der Waals surface area contributed by atoms with E-state index in [4.69, 9.17) is 5.26 Å². The van der Waals surface area contributed by atoms with Crippen LogP contribution in [0.3, 0.4) is 0 Å². The highest BCUT2D eigenvalue weighted by Gasteiger charge is 2.41. The van der Waals surface area contributed by atoms with Gasteiger partial charge in [-0.1, -0.05) is 68.4 Å². The Kier molecular flexibility index (Phi) is 9.26. The van der Waals surface area contributed by atoms with Crippen LogP contribution in [0.1, 0.15) is 52.4 Å². The first-order valence-electron chi connectivity index (χ1n) is 16.8. The number of nitrogens with zero attached hydrogens (tertiary/aromatic N) is 3. The lowest BCUT2D eigenvalue weighted by atomic mass is 9.73. The Balaban J connectivity index is 1.23. The van der Waals surface area contributed by atoms with Crippen LogP contribution in [-0.4, -0.2) is 11.1 Å². The van der Waals surface area contributed by atoms with E-state index in [-0.39, 0.29) is 11.0 Å². The second kappa shape index (κ2) is 14.1. The second-order valence-corrected chi connectivity index (χ2v) is 14.6. The van der Waals surface area contributed by atoms with Crippen LogP contribution in [0, 0.1) is 22.7 Å². The number of anilines is 3. The van der Waals surface area contributed by atoms with Crippen molar-refractivity contribution in [1.82, 2.24) is 0 Å². The number of hydrogen-bond donors (Lipinski definition) is 1. The molecule has 2 heterocycles.